The molecule has 0 aliphatic heterocycles. The minimum Gasteiger partial charge on any atom is -0.320 e. The molecule has 0 saturated heterocycles. The molecule has 5 heteroatoms. The van der Waals surface area contributed by atoms with Gasteiger partial charge in [-0.05, 0) is 18.2 Å². The zero-order valence-corrected chi connectivity index (χ0v) is 10.6. The highest BCUT2D eigenvalue weighted by atomic mass is 16.2. The van der Waals surface area contributed by atoms with Crippen molar-refractivity contribution in [1.82, 2.24) is 9.78 Å². The molecule has 0 unspecified atom stereocenters. The molecule has 0 radical (unpaired) electrons. The molecule has 0 saturated carbocycles. The van der Waals surface area contributed by atoms with Crippen LogP contribution in [0, 0.1) is 11.8 Å². The van der Waals surface area contributed by atoms with Gasteiger partial charge >= 0.3 is 0 Å². The summed E-state index contributed by atoms with van der Waals surface area (Å²) in [6.07, 6.45) is 1.58. The van der Waals surface area contributed by atoms with Crippen LogP contribution in [0.4, 0.5) is 5.69 Å². The number of anilines is 1. The second kappa shape index (κ2) is 5.85. The third-order valence-corrected chi connectivity index (χ3v) is 2.55. The second-order valence-electron chi connectivity index (χ2n) is 3.85. The average Bonchev–Trinajstić information content (AvgIpc) is 2.84. The summed E-state index contributed by atoms with van der Waals surface area (Å²) in [5, 5.41) is 6.78. The van der Waals surface area contributed by atoms with Gasteiger partial charge in [0.1, 0.15) is 5.69 Å². The van der Waals surface area contributed by atoms with Crippen LogP contribution < -0.4 is 11.1 Å². The van der Waals surface area contributed by atoms with Crippen LogP contribution in [0.25, 0.3) is 0 Å². The normalized spacial score (nSPS) is 9.58. The van der Waals surface area contributed by atoms with Crippen LogP contribution in [0.2, 0.25) is 0 Å². The summed E-state index contributed by atoms with van der Waals surface area (Å²) >= 11 is 0. The molecule has 1 heterocycles. The van der Waals surface area contributed by atoms with Crippen molar-refractivity contribution in [1.29, 1.82) is 0 Å². The van der Waals surface area contributed by atoms with Crippen LogP contribution in [0.3, 0.4) is 0 Å². The van der Waals surface area contributed by atoms with Crippen molar-refractivity contribution in [3.8, 4) is 11.8 Å². The molecule has 96 valence electrons. The number of aryl methyl sites for hydroxylation is 1. The number of nitrogens with zero attached hydrogens (tertiary/aromatic N) is 2. The van der Waals surface area contributed by atoms with Gasteiger partial charge in [0.05, 0.1) is 12.2 Å². The number of benzene rings is 1. The number of rotatable bonds is 2. The molecule has 0 atom stereocenters. The Morgan fingerprint density at radius 2 is 2.21 bits per heavy atom. The largest absolute Gasteiger partial charge is 0.320 e. The van der Waals surface area contributed by atoms with Crippen molar-refractivity contribution in [2.75, 3.05) is 11.9 Å². The summed E-state index contributed by atoms with van der Waals surface area (Å²) < 4.78 is 1.52. The third-order valence-electron chi connectivity index (χ3n) is 2.55. The number of hydrogen-bond donors (Lipinski definition) is 2. The smallest absolute Gasteiger partial charge is 0.273 e. The molecule has 0 aliphatic rings. The summed E-state index contributed by atoms with van der Waals surface area (Å²) in [5.41, 5.74) is 7.24. The Morgan fingerprint density at radius 1 is 1.42 bits per heavy atom. The first-order valence-corrected chi connectivity index (χ1v) is 5.79. The molecule has 2 rings (SSSR count). The van der Waals surface area contributed by atoms with Crippen LogP contribution in [0.1, 0.15) is 16.1 Å². The summed E-state index contributed by atoms with van der Waals surface area (Å²) in [4.78, 5) is 12.1. The van der Waals surface area contributed by atoms with Crippen molar-refractivity contribution in [3.63, 3.8) is 0 Å². The van der Waals surface area contributed by atoms with E-state index in [1.807, 2.05) is 18.2 Å². The topological polar surface area (TPSA) is 72.9 Å². The maximum absolute atomic E-state index is 12.1. The number of carbonyl (C=O) groups is 1. The summed E-state index contributed by atoms with van der Waals surface area (Å²) in [7, 11) is 1.72. The van der Waals surface area contributed by atoms with Crippen LogP contribution in [-0.2, 0) is 7.05 Å². The predicted molar refractivity (Wildman–Crippen MR) is 73.5 cm³/mol. The van der Waals surface area contributed by atoms with Crippen molar-refractivity contribution in [2.45, 2.75) is 0 Å². The number of amides is 1. The Morgan fingerprint density at radius 3 is 2.89 bits per heavy atom. The molecule has 19 heavy (non-hydrogen) atoms. The number of nitrogens with two attached hydrogens (primary N) is 1. The van der Waals surface area contributed by atoms with E-state index in [4.69, 9.17) is 5.73 Å². The molecule has 0 bridgehead atoms. The lowest BCUT2D eigenvalue weighted by Gasteiger charge is -2.07. The van der Waals surface area contributed by atoms with Crippen molar-refractivity contribution in [2.24, 2.45) is 12.8 Å². The lowest BCUT2D eigenvalue weighted by atomic mass is 10.1. The van der Waals surface area contributed by atoms with E-state index in [1.54, 1.807) is 25.4 Å². The minimum atomic E-state index is -0.220. The van der Waals surface area contributed by atoms with Crippen LogP contribution in [0.15, 0.2) is 36.5 Å². The number of hydrogen-bond acceptors (Lipinski definition) is 3. The molecule has 0 fully saturated rings. The van der Waals surface area contributed by atoms with Crippen molar-refractivity contribution >= 4 is 11.6 Å². The molecule has 1 aromatic carbocycles. The van der Waals surface area contributed by atoms with Gasteiger partial charge in [0.2, 0.25) is 0 Å². The number of para-hydroxylation sites is 1. The van der Waals surface area contributed by atoms with Gasteiger partial charge in [0, 0.05) is 18.8 Å². The summed E-state index contributed by atoms with van der Waals surface area (Å²) in [6, 6.07) is 8.99. The third kappa shape index (κ3) is 3.00. The van der Waals surface area contributed by atoms with E-state index in [0.29, 0.717) is 11.4 Å². The van der Waals surface area contributed by atoms with Gasteiger partial charge in [0.15, 0.2) is 0 Å². The molecule has 3 N–H and O–H groups in total. The summed E-state index contributed by atoms with van der Waals surface area (Å²) in [5.74, 6) is 5.48. The Bertz CT molecular complexity index is 649. The molecular weight excluding hydrogens is 240 g/mol. The summed E-state index contributed by atoms with van der Waals surface area (Å²) in [6.45, 7) is 0.282. The average molecular weight is 254 g/mol. The number of nitrogens with one attached hydrogen (secondary N) is 1. The first-order valence-electron chi connectivity index (χ1n) is 5.79. The standard InChI is InChI=1S/C14H14N4O/c1-18-13(8-10-16-18)14(19)17-12-7-3-2-5-11(12)6-4-9-15/h2-3,5,7-8,10H,9,15H2,1H3,(H,17,19). The number of carbonyl (C=O) groups excluding carboxylic acids is 1. The van der Waals surface area contributed by atoms with E-state index < -0.39 is 0 Å². The quantitative estimate of drug-likeness (QED) is 0.785. The first-order chi connectivity index (χ1) is 9.22. The zero-order chi connectivity index (χ0) is 13.7. The van der Waals surface area contributed by atoms with Gasteiger partial charge in [-0.25, -0.2) is 0 Å². The fraction of sp³-hybridized carbons (Fsp3) is 0.143. The van der Waals surface area contributed by atoms with Gasteiger partial charge in [-0.1, -0.05) is 24.0 Å². The van der Waals surface area contributed by atoms with Crippen molar-refractivity contribution in [3.05, 3.63) is 47.8 Å². The maximum Gasteiger partial charge on any atom is 0.273 e. The zero-order valence-electron chi connectivity index (χ0n) is 10.6. The minimum absolute atomic E-state index is 0.220. The molecule has 0 spiro atoms. The molecule has 0 aliphatic carbocycles. The Kier molecular flexibility index (Phi) is 3.96. The Balaban J connectivity index is 2.24. The molecule has 1 amide bonds. The lowest BCUT2D eigenvalue weighted by Crippen LogP contribution is -2.16. The van der Waals surface area contributed by atoms with Gasteiger partial charge in [-0.2, -0.15) is 5.10 Å². The molecular formula is C14H14N4O. The van der Waals surface area contributed by atoms with E-state index >= 15 is 0 Å². The highest BCUT2D eigenvalue weighted by molar-refractivity contribution is 6.03. The first kappa shape index (κ1) is 12.9. The van der Waals surface area contributed by atoms with Gasteiger partial charge in [-0.15, -0.1) is 0 Å². The second-order valence-corrected chi connectivity index (χ2v) is 3.85. The Hall–Kier alpha value is -2.58. The molecule has 5 nitrogen and oxygen atoms in total. The van der Waals surface area contributed by atoms with E-state index in [2.05, 4.69) is 22.3 Å². The van der Waals surface area contributed by atoms with E-state index in [-0.39, 0.29) is 12.5 Å². The molecule has 2 aromatic rings. The lowest BCUT2D eigenvalue weighted by molar-refractivity contribution is 0.101. The Labute approximate surface area is 111 Å². The monoisotopic (exact) mass is 254 g/mol. The highest BCUT2D eigenvalue weighted by Crippen LogP contribution is 2.14. The fourth-order valence-corrected chi connectivity index (χ4v) is 1.63. The van der Waals surface area contributed by atoms with E-state index in [0.717, 1.165) is 5.56 Å². The van der Waals surface area contributed by atoms with Crippen molar-refractivity contribution < 1.29 is 4.79 Å². The van der Waals surface area contributed by atoms with E-state index in [1.165, 1.54) is 4.68 Å². The number of aromatic nitrogens is 2. The van der Waals surface area contributed by atoms with E-state index in [9.17, 15) is 4.79 Å². The SMILES string of the molecule is Cn1nccc1C(=O)Nc1ccccc1C#CCN. The van der Waals surface area contributed by atoms with Gasteiger partial charge in [0.25, 0.3) is 5.91 Å². The van der Waals surface area contributed by atoms with Gasteiger partial charge in [-0.3, -0.25) is 9.48 Å². The van der Waals surface area contributed by atoms with Crippen LogP contribution in [-0.4, -0.2) is 22.2 Å². The van der Waals surface area contributed by atoms with Crippen LogP contribution in [0.5, 0.6) is 0 Å². The maximum atomic E-state index is 12.1. The predicted octanol–water partition coefficient (Wildman–Crippen LogP) is 0.983. The molecule has 1 aromatic heterocycles. The van der Waals surface area contributed by atoms with Crippen LogP contribution >= 0.6 is 0 Å². The fourth-order valence-electron chi connectivity index (χ4n) is 1.63. The highest BCUT2D eigenvalue weighted by Gasteiger charge is 2.11. The van der Waals surface area contributed by atoms with Gasteiger partial charge < -0.3 is 11.1 Å².